The number of rotatable bonds is 2. The molecule has 0 atom stereocenters. The van der Waals surface area contributed by atoms with Crippen molar-refractivity contribution in [2.24, 2.45) is 0 Å². The molecule has 0 unspecified atom stereocenters. The molecule has 2 aromatic rings. The van der Waals surface area contributed by atoms with Crippen molar-refractivity contribution < 1.29 is 0 Å². The predicted molar refractivity (Wildman–Crippen MR) is 56.7 cm³/mol. The van der Waals surface area contributed by atoms with Gasteiger partial charge in [0.25, 0.3) is 0 Å². The highest BCUT2D eigenvalue weighted by molar-refractivity contribution is 5.81. The average molecular weight is 172 g/mol. The Balaban J connectivity index is 2.73. The molecule has 0 aliphatic rings. The van der Waals surface area contributed by atoms with E-state index >= 15 is 0 Å². The van der Waals surface area contributed by atoms with E-state index in [4.69, 9.17) is 0 Å². The van der Waals surface area contributed by atoms with E-state index in [2.05, 4.69) is 48.7 Å². The van der Waals surface area contributed by atoms with Crippen molar-refractivity contribution in [1.82, 2.24) is 4.57 Å². The number of aryl methyl sites for hydroxylation is 1. The van der Waals surface area contributed by atoms with Gasteiger partial charge in [0, 0.05) is 17.8 Å². The molecule has 0 aliphatic heterocycles. The van der Waals surface area contributed by atoms with Gasteiger partial charge in [0.1, 0.15) is 0 Å². The summed E-state index contributed by atoms with van der Waals surface area (Å²) in [5.74, 6) is 0. The Labute approximate surface area is 79.0 Å². The Bertz CT molecular complexity index is 412. The van der Waals surface area contributed by atoms with Gasteiger partial charge < -0.3 is 4.57 Å². The number of hydrogen-bond acceptors (Lipinski definition) is 0. The van der Waals surface area contributed by atoms with E-state index in [1.165, 1.54) is 16.6 Å². The molecule has 13 heavy (non-hydrogen) atoms. The number of fused-ring (bicyclic) bond motifs is 1. The van der Waals surface area contributed by atoms with Crippen LogP contribution in [0.4, 0.5) is 0 Å². The highest BCUT2D eigenvalue weighted by Gasteiger charge is 2.03. The number of nitrogens with zero attached hydrogens (tertiary/aromatic N) is 1. The molecule has 1 radical (unpaired) electrons. The molecular weight excluding hydrogens is 158 g/mol. The number of para-hydroxylation sites is 1. The quantitative estimate of drug-likeness (QED) is 0.656. The molecule has 0 bridgehead atoms. The Morgan fingerprint density at radius 3 is 2.77 bits per heavy atom. The molecule has 0 saturated heterocycles. The van der Waals surface area contributed by atoms with Gasteiger partial charge in [0.05, 0.1) is 0 Å². The van der Waals surface area contributed by atoms with Crippen LogP contribution >= 0.6 is 0 Å². The maximum absolute atomic E-state index is 3.94. The van der Waals surface area contributed by atoms with E-state index in [-0.39, 0.29) is 0 Å². The van der Waals surface area contributed by atoms with Gasteiger partial charge >= 0.3 is 0 Å². The zero-order valence-electron chi connectivity index (χ0n) is 7.96. The van der Waals surface area contributed by atoms with Crippen molar-refractivity contribution in [2.75, 3.05) is 0 Å². The molecule has 0 N–H and O–H groups in total. The maximum atomic E-state index is 3.94. The molecule has 0 fully saturated rings. The standard InChI is InChI=1S/C12H14N/c1-3-11-9-10-7-5-6-8-12(10)13(11)4-2/h5-9H,1,3-4H2,2H3. The van der Waals surface area contributed by atoms with Crippen LogP contribution in [0.15, 0.2) is 30.3 Å². The summed E-state index contributed by atoms with van der Waals surface area (Å²) in [5, 5.41) is 1.32. The largest absolute Gasteiger partial charge is 0.345 e. The van der Waals surface area contributed by atoms with E-state index in [0.29, 0.717) is 0 Å². The zero-order valence-corrected chi connectivity index (χ0v) is 7.96. The number of aromatic nitrogens is 1. The summed E-state index contributed by atoms with van der Waals surface area (Å²) < 4.78 is 2.32. The number of hydrogen-bond donors (Lipinski definition) is 0. The first-order valence-corrected chi connectivity index (χ1v) is 4.73. The predicted octanol–water partition coefficient (Wildman–Crippen LogP) is 3.04. The minimum atomic E-state index is 0.864. The molecule has 1 heteroatoms. The molecule has 2 rings (SSSR count). The van der Waals surface area contributed by atoms with Crippen molar-refractivity contribution >= 4 is 10.9 Å². The van der Waals surface area contributed by atoms with Crippen LogP contribution in [0.25, 0.3) is 10.9 Å². The van der Waals surface area contributed by atoms with Crippen LogP contribution in [0.5, 0.6) is 0 Å². The van der Waals surface area contributed by atoms with Crippen LogP contribution in [0, 0.1) is 6.92 Å². The highest BCUT2D eigenvalue weighted by atomic mass is 15.0. The zero-order chi connectivity index (χ0) is 9.26. The molecule has 1 heterocycles. The van der Waals surface area contributed by atoms with Crippen molar-refractivity contribution in [3.63, 3.8) is 0 Å². The van der Waals surface area contributed by atoms with Crippen molar-refractivity contribution in [1.29, 1.82) is 0 Å². The van der Waals surface area contributed by atoms with E-state index in [1.807, 2.05) is 0 Å². The van der Waals surface area contributed by atoms with Gasteiger partial charge in [0.15, 0.2) is 0 Å². The first kappa shape index (κ1) is 8.36. The van der Waals surface area contributed by atoms with Crippen molar-refractivity contribution in [2.45, 2.75) is 19.9 Å². The van der Waals surface area contributed by atoms with Crippen molar-refractivity contribution in [3.8, 4) is 0 Å². The van der Waals surface area contributed by atoms with Crippen LogP contribution in [0.3, 0.4) is 0 Å². The van der Waals surface area contributed by atoms with Crippen LogP contribution in [0.2, 0.25) is 0 Å². The Kier molecular flexibility index (Phi) is 2.09. The maximum Gasteiger partial charge on any atom is 0.0482 e. The molecule has 67 valence electrons. The molecule has 0 aliphatic carbocycles. The number of benzene rings is 1. The van der Waals surface area contributed by atoms with E-state index in [9.17, 15) is 0 Å². The molecule has 0 spiro atoms. The first-order valence-electron chi connectivity index (χ1n) is 4.73. The minimum Gasteiger partial charge on any atom is -0.345 e. The second-order valence-corrected chi connectivity index (χ2v) is 3.19. The lowest BCUT2D eigenvalue weighted by Crippen LogP contribution is -1.98. The highest BCUT2D eigenvalue weighted by Crippen LogP contribution is 2.19. The fourth-order valence-electron chi connectivity index (χ4n) is 1.85. The third-order valence-corrected chi connectivity index (χ3v) is 2.47. The normalized spacial score (nSPS) is 10.9. The third kappa shape index (κ3) is 1.24. The fraction of sp³-hybridized carbons (Fsp3) is 0.250. The molecule has 1 nitrogen and oxygen atoms in total. The lowest BCUT2D eigenvalue weighted by molar-refractivity contribution is 0.756. The molecular formula is C12H14N. The van der Waals surface area contributed by atoms with Gasteiger partial charge in [-0.15, -0.1) is 0 Å². The average Bonchev–Trinajstić information content (AvgIpc) is 2.55. The Hall–Kier alpha value is -1.24. The summed E-state index contributed by atoms with van der Waals surface area (Å²) in [5.41, 5.74) is 2.65. The third-order valence-electron chi connectivity index (χ3n) is 2.47. The van der Waals surface area contributed by atoms with Gasteiger partial charge in [0.2, 0.25) is 0 Å². The fourth-order valence-corrected chi connectivity index (χ4v) is 1.85. The minimum absolute atomic E-state index is 0.864. The molecule has 1 aromatic carbocycles. The van der Waals surface area contributed by atoms with Crippen LogP contribution in [-0.4, -0.2) is 4.57 Å². The lowest BCUT2D eigenvalue weighted by atomic mass is 10.2. The lowest BCUT2D eigenvalue weighted by Gasteiger charge is -2.04. The topological polar surface area (TPSA) is 4.93 Å². The van der Waals surface area contributed by atoms with E-state index in [0.717, 1.165) is 13.0 Å². The van der Waals surface area contributed by atoms with Gasteiger partial charge in [-0.2, -0.15) is 0 Å². The smallest absolute Gasteiger partial charge is 0.0482 e. The van der Waals surface area contributed by atoms with Crippen LogP contribution < -0.4 is 0 Å². The molecule has 0 amide bonds. The second kappa shape index (κ2) is 3.25. The van der Waals surface area contributed by atoms with Crippen LogP contribution in [0.1, 0.15) is 12.6 Å². The SMILES string of the molecule is [CH2]Cc1cc2ccccc2n1CC. The van der Waals surface area contributed by atoms with Gasteiger partial charge in [-0.1, -0.05) is 18.2 Å². The van der Waals surface area contributed by atoms with E-state index < -0.39 is 0 Å². The monoisotopic (exact) mass is 172 g/mol. The van der Waals surface area contributed by atoms with Gasteiger partial charge in [-0.3, -0.25) is 0 Å². The van der Waals surface area contributed by atoms with Gasteiger partial charge in [-0.05, 0) is 37.8 Å². The Morgan fingerprint density at radius 2 is 2.08 bits per heavy atom. The summed E-state index contributed by atoms with van der Waals surface area (Å²) in [6, 6.07) is 10.7. The summed E-state index contributed by atoms with van der Waals surface area (Å²) in [4.78, 5) is 0. The summed E-state index contributed by atoms with van der Waals surface area (Å²) in [6.07, 6.45) is 0.864. The molecule has 0 saturated carbocycles. The Morgan fingerprint density at radius 1 is 1.31 bits per heavy atom. The van der Waals surface area contributed by atoms with Gasteiger partial charge in [-0.25, -0.2) is 0 Å². The van der Waals surface area contributed by atoms with Crippen LogP contribution in [-0.2, 0) is 13.0 Å². The molecule has 1 aromatic heterocycles. The van der Waals surface area contributed by atoms with Crippen molar-refractivity contribution in [3.05, 3.63) is 42.9 Å². The first-order chi connectivity index (χ1) is 6.36. The summed E-state index contributed by atoms with van der Waals surface area (Å²) in [6.45, 7) is 7.14. The summed E-state index contributed by atoms with van der Waals surface area (Å²) >= 11 is 0. The summed E-state index contributed by atoms with van der Waals surface area (Å²) in [7, 11) is 0. The second-order valence-electron chi connectivity index (χ2n) is 3.19. The van der Waals surface area contributed by atoms with E-state index in [1.54, 1.807) is 0 Å².